The molecule has 1 aliphatic rings. The zero-order valence-electron chi connectivity index (χ0n) is 13.9. The second kappa shape index (κ2) is 9.27. The Kier molecular flexibility index (Phi) is 7.06. The summed E-state index contributed by atoms with van der Waals surface area (Å²) < 4.78 is 10.00. The van der Waals surface area contributed by atoms with Crippen LogP contribution in [0.2, 0.25) is 5.02 Å². The van der Waals surface area contributed by atoms with Crippen molar-refractivity contribution in [1.29, 1.82) is 0 Å². The maximum absolute atomic E-state index is 12.1. The normalized spacial score (nSPS) is 19.6. The number of carbonyl (C=O) groups excluding carboxylic acids is 3. The van der Waals surface area contributed by atoms with Crippen LogP contribution in [-0.4, -0.2) is 31.5 Å². The molecule has 1 aromatic carbocycles. The Morgan fingerprint density at radius 2 is 1.64 bits per heavy atom. The van der Waals surface area contributed by atoms with Crippen LogP contribution in [0, 0.1) is 11.8 Å². The second-order valence-corrected chi connectivity index (χ2v) is 6.29. The van der Waals surface area contributed by atoms with E-state index in [1.54, 1.807) is 24.3 Å². The number of halogens is 1. The molecule has 0 heterocycles. The van der Waals surface area contributed by atoms with E-state index >= 15 is 0 Å². The van der Waals surface area contributed by atoms with Crippen molar-refractivity contribution >= 4 is 29.4 Å². The van der Waals surface area contributed by atoms with Crippen molar-refractivity contribution in [3.63, 3.8) is 0 Å². The smallest absolute Gasteiger partial charge is 0.308 e. The van der Waals surface area contributed by atoms with Crippen LogP contribution < -0.4 is 15.6 Å². The molecule has 136 valence electrons. The lowest BCUT2D eigenvalue weighted by atomic mass is 9.82. The zero-order valence-corrected chi connectivity index (χ0v) is 14.7. The summed E-state index contributed by atoms with van der Waals surface area (Å²) in [5, 5.41) is 0.575. The Bertz CT molecular complexity index is 612. The fraction of sp³-hybridized carbons (Fsp3) is 0.471. The van der Waals surface area contributed by atoms with Gasteiger partial charge in [0.1, 0.15) is 5.75 Å². The van der Waals surface area contributed by atoms with Crippen LogP contribution in [0.3, 0.4) is 0 Å². The molecule has 7 nitrogen and oxygen atoms in total. The lowest BCUT2D eigenvalue weighted by Gasteiger charge is -2.26. The molecule has 1 aliphatic carbocycles. The number of hydrogen-bond donors (Lipinski definition) is 2. The van der Waals surface area contributed by atoms with E-state index in [-0.39, 0.29) is 30.3 Å². The molecular formula is C17H21ClN2O5. The van der Waals surface area contributed by atoms with Gasteiger partial charge in [-0.2, -0.15) is 0 Å². The molecule has 2 amide bonds. The van der Waals surface area contributed by atoms with E-state index in [0.29, 0.717) is 36.5 Å². The molecule has 0 saturated heterocycles. The predicted molar refractivity (Wildman–Crippen MR) is 90.7 cm³/mol. The Morgan fingerprint density at radius 3 is 2.24 bits per heavy atom. The van der Waals surface area contributed by atoms with Crippen LogP contribution in [0.25, 0.3) is 0 Å². The highest BCUT2D eigenvalue weighted by atomic mass is 35.5. The van der Waals surface area contributed by atoms with Gasteiger partial charge in [-0.1, -0.05) is 11.6 Å². The number of ether oxygens (including phenoxy) is 2. The number of benzene rings is 1. The van der Waals surface area contributed by atoms with Gasteiger partial charge < -0.3 is 9.47 Å². The number of carbonyl (C=O) groups is 3. The first-order valence-corrected chi connectivity index (χ1v) is 8.42. The second-order valence-electron chi connectivity index (χ2n) is 5.85. The number of methoxy groups -OCH3 is 1. The van der Waals surface area contributed by atoms with Gasteiger partial charge in [0.2, 0.25) is 5.91 Å². The van der Waals surface area contributed by atoms with Crippen LogP contribution in [0.1, 0.15) is 25.7 Å². The van der Waals surface area contributed by atoms with E-state index in [0.717, 1.165) is 0 Å². The third kappa shape index (κ3) is 5.94. The summed E-state index contributed by atoms with van der Waals surface area (Å²) in [5.74, 6) is -0.817. The van der Waals surface area contributed by atoms with Gasteiger partial charge in [0.25, 0.3) is 5.91 Å². The molecule has 1 aromatic rings. The van der Waals surface area contributed by atoms with Crippen LogP contribution in [0.4, 0.5) is 0 Å². The van der Waals surface area contributed by atoms with Gasteiger partial charge in [0.05, 0.1) is 13.0 Å². The summed E-state index contributed by atoms with van der Waals surface area (Å²) >= 11 is 5.76. The molecule has 0 radical (unpaired) electrons. The number of hydrazine groups is 1. The summed E-state index contributed by atoms with van der Waals surface area (Å²) in [6.07, 6.45) is 2.39. The number of amides is 2. The van der Waals surface area contributed by atoms with Crippen LogP contribution in [0.5, 0.6) is 5.75 Å². The SMILES string of the molecule is COC(=O)C1CCC(C(=O)NNC(=O)COc2ccc(Cl)cc2)CC1. The molecule has 0 spiro atoms. The summed E-state index contributed by atoms with van der Waals surface area (Å²) in [6, 6.07) is 6.60. The molecule has 2 N–H and O–H groups in total. The predicted octanol–water partition coefficient (Wildman–Crippen LogP) is 1.85. The van der Waals surface area contributed by atoms with Gasteiger partial charge in [-0.3, -0.25) is 25.2 Å². The first-order valence-electron chi connectivity index (χ1n) is 8.04. The minimum Gasteiger partial charge on any atom is -0.484 e. The van der Waals surface area contributed by atoms with E-state index in [9.17, 15) is 14.4 Å². The van der Waals surface area contributed by atoms with Crippen molar-refractivity contribution < 1.29 is 23.9 Å². The average molecular weight is 369 g/mol. The van der Waals surface area contributed by atoms with Crippen LogP contribution in [-0.2, 0) is 19.1 Å². The number of esters is 1. The van der Waals surface area contributed by atoms with Crippen molar-refractivity contribution in [2.45, 2.75) is 25.7 Å². The molecule has 1 saturated carbocycles. The van der Waals surface area contributed by atoms with Gasteiger partial charge in [-0.15, -0.1) is 0 Å². The molecular weight excluding hydrogens is 348 g/mol. The number of nitrogens with one attached hydrogen (secondary N) is 2. The maximum Gasteiger partial charge on any atom is 0.308 e. The Labute approximate surface area is 151 Å². The van der Waals surface area contributed by atoms with Crippen LogP contribution in [0.15, 0.2) is 24.3 Å². The van der Waals surface area contributed by atoms with Crippen molar-refractivity contribution in [2.24, 2.45) is 11.8 Å². The summed E-state index contributed by atoms with van der Waals surface area (Å²) in [6.45, 7) is -0.225. The highest BCUT2D eigenvalue weighted by molar-refractivity contribution is 6.30. The monoisotopic (exact) mass is 368 g/mol. The van der Waals surface area contributed by atoms with E-state index < -0.39 is 5.91 Å². The van der Waals surface area contributed by atoms with E-state index in [1.165, 1.54) is 7.11 Å². The van der Waals surface area contributed by atoms with Gasteiger partial charge in [0.15, 0.2) is 6.61 Å². The topological polar surface area (TPSA) is 93.7 Å². The first kappa shape index (κ1) is 19.1. The quantitative estimate of drug-likeness (QED) is 0.611. The average Bonchev–Trinajstić information content (AvgIpc) is 2.65. The van der Waals surface area contributed by atoms with Crippen molar-refractivity contribution in [3.8, 4) is 5.75 Å². The fourth-order valence-corrected chi connectivity index (χ4v) is 2.83. The lowest BCUT2D eigenvalue weighted by molar-refractivity contribution is -0.147. The van der Waals surface area contributed by atoms with Crippen molar-refractivity contribution in [3.05, 3.63) is 29.3 Å². The molecule has 8 heteroatoms. The number of rotatable bonds is 5. The van der Waals surface area contributed by atoms with Gasteiger partial charge in [-0.05, 0) is 49.9 Å². The van der Waals surface area contributed by atoms with Gasteiger partial charge in [0, 0.05) is 10.9 Å². The maximum atomic E-state index is 12.1. The van der Waals surface area contributed by atoms with Crippen LogP contribution >= 0.6 is 11.6 Å². The van der Waals surface area contributed by atoms with Crippen molar-refractivity contribution in [2.75, 3.05) is 13.7 Å². The molecule has 25 heavy (non-hydrogen) atoms. The highest BCUT2D eigenvalue weighted by Gasteiger charge is 2.30. The largest absolute Gasteiger partial charge is 0.484 e. The van der Waals surface area contributed by atoms with E-state index in [1.807, 2.05) is 0 Å². The third-order valence-corrected chi connectivity index (χ3v) is 4.39. The minimum atomic E-state index is -0.466. The highest BCUT2D eigenvalue weighted by Crippen LogP contribution is 2.29. The molecule has 0 unspecified atom stereocenters. The zero-order chi connectivity index (χ0) is 18.2. The first-order chi connectivity index (χ1) is 12.0. The third-order valence-electron chi connectivity index (χ3n) is 4.14. The molecule has 0 bridgehead atoms. The summed E-state index contributed by atoms with van der Waals surface area (Å²) in [5.41, 5.74) is 4.73. The Hall–Kier alpha value is -2.28. The molecule has 0 aromatic heterocycles. The summed E-state index contributed by atoms with van der Waals surface area (Å²) in [7, 11) is 1.36. The van der Waals surface area contributed by atoms with Gasteiger partial charge in [-0.25, -0.2) is 0 Å². The fourth-order valence-electron chi connectivity index (χ4n) is 2.71. The molecule has 0 aliphatic heterocycles. The molecule has 2 rings (SSSR count). The van der Waals surface area contributed by atoms with E-state index in [2.05, 4.69) is 10.9 Å². The van der Waals surface area contributed by atoms with Crippen molar-refractivity contribution in [1.82, 2.24) is 10.9 Å². The molecule has 1 fully saturated rings. The molecule has 0 atom stereocenters. The van der Waals surface area contributed by atoms with E-state index in [4.69, 9.17) is 21.1 Å². The van der Waals surface area contributed by atoms with Gasteiger partial charge >= 0.3 is 5.97 Å². The Balaban J connectivity index is 1.67. The summed E-state index contributed by atoms with van der Waals surface area (Å²) in [4.78, 5) is 35.2. The number of hydrogen-bond acceptors (Lipinski definition) is 5. The standard InChI is InChI=1S/C17H21ClN2O5/c1-24-17(23)12-4-2-11(3-5-12)16(22)20-19-15(21)10-25-14-8-6-13(18)7-9-14/h6-9,11-12H,2-5,10H2,1H3,(H,19,21)(H,20,22). The Morgan fingerprint density at radius 1 is 1.04 bits per heavy atom. The minimum absolute atomic E-state index is 0.142. The lowest BCUT2D eigenvalue weighted by Crippen LogP contribution is -2.47.